The van der Waals surface area contributed by atoms with Crippen LogP contribution >= 0.6 is 0 Å². The Morgan fingerprint density at radius 1 is 1.20 bits per heavy atom. The summed E-state index contributed by atoms with van der Waals surface area (Å²) in [5, 5.41) is 10.4. The van der Waals surface area contributed by atoms with Crippen molar-refractivity contribution in [2.75, 3.05) is 24.6 Å². The molecule has 1 N–H and O–H groups in total. The van der Waals surface area contributed by atoms with Crippen molar-refractivity contribution < 1.29 is 14.6 Å². The fourth-order valence-corrected chi connectivity index (χ4v) is 5.15. The highest BCUT2D eigenvalue weighted by Gasteiger charge is 2.38. The molecule has 0 spiro atoms. The van der Waals surface area contributed by atoms with Crippen LogP contribution in [0.5, 0.6) is 0 Å². The van der Waals surface area contributed by atoms with Gasteiger partial charge in [0, 0.05) is 13.1 Å². The van der Waals surface area contributed by atoms with Crippen LogP contribution in [0.3, 0.4) is 0 Å². The molecule has 25 heavy (non-hydrogen) atoms. The maximum Gasteiger partial charge on any atom is 0.340 e. The first-order valence-electron chi connectivity index (χ1n) is 9.96. The Balaban J connectivity index is 1.76. The molecular weight excluding hydrogens is 314 g/mol. The van der Waals surface area contributed by atoms with Crippen molar-refractivity contribution in [1.29, 1.82) is 0 Å². The maximum atomic E-state index is 12.6. The topological polar surface area (TPSA) is 49.8 Å². The Labute approximate surface area is 150 Å². The number of nitrogens with zero attached hydrogens (tertiary/aromatic N) is 1. The summed E-state index contributed by atoms with van der Waals surface area (Å²) in [6.45, 7) is 4.31. The highest BCUT2D eigenvalue weighted by Crippen LogP contribution is 2.47. The summed E-state index contributed by atoms with van der Waals surface area (Å²) in [6.07, 6.45) is 7.40. The van der Waals surface area contributed by atoms with E-state index in [1.54, 1.807) is 0 Å². The van der Waals surface area contributed by atoms with Crippen molar-refractivity contribution in [3.8, 4) is 0 Å². The number of carbonyl (C=O) groups is 1. The second-order valence-corrected chi connectivity index (χ2v) is 7.79. The molecule has 2 aliphatic carbocycles. The first-order chi connectivity index (χ1) is 12.2. The third kappa shape index (κ3) is 3.05. The number of ether oxygens (including phenoxy) is 1. The van der Waals surface area contributed by atoms with Gasteiger partial charge >= 0.3 is 5.97 Å². The predicted octanol–water partition coefficient (Wildman–Crippen LogP) is 3.65. The Kier molecular flexibility index (Phi) is 4.72. The quantitative estimate of drug-likeness (QED) is 0.851. The number of aryl methyl sites for hydroxylation is 1. The molecule has 2 fully saturated rings. The van der Waals surface area contributed by atoms with Crippen molar-refractivity contribution in [1.82, 2.24) is 0 Å². The zero-order chi connectivity index (χ0) is 17.4. The molecule has 4 rings (SSSR count). The molecule has 1 saturated heterocycles. The van der Waals surface area contributed by atoms with E-state index in [4.69, 9.17) is 4.74 Å². The molecule has 0 amide bonds. The number of aliphatic hydroxyl groups is 1. The lowest BCUT2D eigenvalue weighted by Crippen LogP contribution is -2.35. The number of fused-ring (bicyclic) bond motifs is 3. The molecule has 1 saturated carbocycles. The number of aliphatic hydroxyl groups excluding tert-OH is 1. The van der Waals surface area contributed by atoms with Crippen LogP contribution in [0.25, 0.3) is 0 Å². The largest absolute Gasteiger partial charge is 0.462 e. The highest BCUT2D eigenvalue weighted by molar-refractivity contribution is 5.96. The molecule has 4 nitrogen and oxygen atoms in total. The van der Waals surface area contributed by atoms with Crippen LogP contribution < -0.4 is 4.90 Å². The lowest BCUT2D eigenvalue weighted by atomic mass is 9.66. The molecule has 3 aliphatic rings. The van der Waals surface area contributed by atoms with Crippen LogP contribution in [0.15, 0.2) is 12.1 Å². The molecule has 4 heteroatoms. The zero-order valence-electron chi connectivity index (χ0n) is 15.2. The third-order valence-electron chi connectivity index (χ3n) is 6.37. The Morgan fingerprint density at radius 3 is 2.76 bits per heavy atom. The van der Waals surface area contributed by atoms with Crippen molar-refractivity contribution in [3.05, 3.63) is 28.8 Å². The van der Waals surface area contributed by atoms with Gasteiger partial charge in [0.1, 0.15) is 0 Å². The Hall–Kier alpha value is -1.55. The molecule has 0 aromatic heterocycles. The van der Waals surface area contributed by atoms with Crippen LogP contribution in [0, 0.1) is 5.92 Å². The average molecular weight is 343 g/mol. The predicted molar refractivity (Wildman–Crippen MR) is 98.3 cm³/mol. The fraction of sp³-hybridized carbons (Fsp3) is 0.667. The SMILES string of the molecule is CCOC(=O)c1cc2c(cc1N1CCCC1)CCC1C(O)CCCC21. The lowest BCUT2D eigenvalue weighted by molar-refractivity contribution is 0.0468. The fourth-order valence-electron chi connectivity index (χ4n) is 5.15. The second kappa shape index (κ2) is 6.99. The minimum atomic E-state index is -0.203. The smallest absolute Gasteiger partial charge is 0.340 e. The number of rotatable bonds is 3. The average Bonchev–Trinajstić information content (AvgIpc) is 3.15. The first-order valence-corrected chi connectivity index (χ1v) is 9.96. The summed E-state index contributed by atoms with van der Waals surface area (Å²) in [7, 11) is 0. The minimum Gasteiger partial charge on any atom is -0.462 e. The van der Waals surface area contributed by atoms with E-state index < -0.39 is 0 Å². The van der Waals surface area contributed by atoms with E-state index in [0.29, 0.717) is 18.4 Å². The van der Waals surface area contributed by atoms with Gasteiger partial charge in [0.05, 0.1) is 24.0 Å². The van der Waals surface area contributed by atoms with Gasteiger partial charge in [-0.25, -0.2) is 4.79 Å². The molecule has 3 atom stereocenters. The summed E-state index contributed by atoms with van der Waals surface area (Å²) in [6, 6.07) is 4.36. The third-order valence-corrected chi connectivity index (χ3v) is 6.37. The number of carbonyl (C=O) groups excluding carboxylic acids is 1. The number of esters is 1. The van der Waals surface area contributed by atoms with Gasteiger partial charge in [-0.15, -0.1) is 0 Å². The van der Waals surface area contributed by atoms with Gasteiger partial charge in [0.2, 0.25) is 0 Å². The van der Waals surface area contributed by atoms with Crippen LogP contribution in [0.4, 0.5) is 5.69 Å². The molecule has 3 unspecified atom stereocenters. The summed E-state index contributed by atoms with van der Waals surface area (Å²) >= 11 is 0. The lowest BCUT2D eigenvalue weighted by Gasteiger charge is -2.41. The van der Waals surface area contributed by atoms with Crippen molar-refractivity contribution in [2.45, 2.75) is 63.9 Å². The van der Waals surface area contributed by atoms with Gasteiger partial charge in [-0.05, 0) is 80.5 Å². The van der Waals surface area contributed by atoms with Crippen LogP contribution in [-0.2, 0) is 11.2 Å². The van der Waals surface area contributed by atoms with Gasteiger partial charge in [0.25, 0.3) is 0 Å². The number of anilines is 1. The van der Waals surface area contributed by atoms with E-state index in [-0.39, 0.29) is 12.1 Å². The van der Waals surface area contributed by atoms with Crippen LogP contribution in [-0.4, -0.2) is 36.9 Å². The van der Waals surface area contributed by atoms with E-state index in [9.17, 15) is 9.90 Å². The Bertz CT molecular complexity index is 651. The van der Waals surface area contributed by atoms with Gasteiger partial charge in [-0.1, -0.05) is 6.42 Å². The summed E-state index contributed by atoms with van der Waals surface area (Å²) < 4.78 is 5.36. The van der Waals surface area contributed by atoms with E-state index >= 15 is 0 Å². The van der Waals surface area contributed by atoms with E-state index in [1.807, 2.05) is 6.92 Å². The molecule has 1 heterocycles. The van der Waals surface area contributed by atoms with E-state index in [1.165, 1.54) is 24.0 Å². The number of benzene rings is 1. The summed E-state index contributed by atoms with van der Waals surface area (Å²) in [5.74, 6) is 0.549. The molecular formula is C21H29NO3. The Morgan fingerprint density at radius 2 is 2.00 bits per heavy atom. The normalized spacial score (nSPS) is 28.4. The molecule has 1 aromatic rings. The molecule has 1 aromatic carbocycles. The number of hydrogen-bond donors (Lipinski definition) is 1. The monoisotopic (exact) mass is 343 g/mol. The zero-order valence-corrected chi connectivity index (χ0v) is 15.2. The van der Waals surface area contributed by atoms with E-state index in [0.717, 1.165) is 56.4 Å². The standard InChI is InChI=1S/C21H29NO3/c1-2-25-21(24)18-13-17-14(12-19(18)22-10-3-4-11-22)8-9-16-15(17)6-5-7-20(16)23/h12-13,15-16,20,23H,2-11H2,1H3. The number of hydrogen-bond acceptors (Lipinski definition) is 4. The van der Waals surface area contributed by atoms with Crippen molar-refractivity contribution in [2.24, 2.45) is 5.92 Å². The van der Waals surface area contributed by atoms with Crippen LogP contribution in [0.1, 0.15) is 72.9 Å². The second-order valence-electron chi connectivity index (χ2n) is 7.79. The van der Waals surface area contributed by atoms with Crippen molar-refractivity contribution >= 4 is 11.7 Å². The van der Waals surface area contributed by atoms with Gasteiger partial charge in [0.15, 0.2) is 0 Å². The van der Waals surface area contributed by atoms with Gasteiger partial charge < -0.3 is 14.7 Å². The molecule has 0 radical (unpaired) electrons. The van der Waals surface area contributed by atoms with E-state index in [2.05, 4.69) is 17.0 Å². The molecule has 136 valence electrons. The summed E-state index contributed by atoms with van der Waals surface area (Å²) in [4.78, 5) is 15.0. The maximum absolute atomic E-state index is 12.6. The molecule has 0 bridgehead atoms. The highest BCUT2D eigenvalue weighted by atomic mass is 16.5. The minimum absolute atomic E-state index is 0.184. The summed E-state index contributed by atoms with van der Waals surface area (Å²) in [5.41, 5.74) is 4.46. The molecule has 1 aliphatic heterocycles. The van der Waals surface area contributed by atoms with Crippen molar-refractivity contribution in [3.63, 3.8) is 0 Å². The first kappa shape index (κ1) is 16.9. The van der Waals surface area contributed by atoms with Crippen LogP contribution in [0.2, 0.25) is 0 Å². The van der Waals surface area contributed by atoms with Gasteiger partial charge in [-0.2, -0.15) is 0 Å². The van der Waals surface area contributed by atoms with Gasteiger partial charge in [-0.3, -0.25) is 0 Å².